The lowest BCUT2D eigenvalue weighted by atomic mass is 10.0. The highest BCUT2D eigenvalue weighted by Gasteiger charge is 2.15. The van der Waals surface area contributed by atoms with Crippen molar-refractivity contribution in [2.24, 2.45) is 0 Å². The van der Waals surface area contributed by atoms with E-state index in [1.807, 2.05) is 18.2 Å². The molecule has 23 heavy (non-hydrogen) atoms. The van der Waals surface area contributed by atoms with Gasteiger partial charge in [-0.05, 0) is 30.5 Å². The lowest BCUT2D eigenvalue weighted by Crippen LogP contribution is -2.11. The number of hydrogen-bond acceptors (Lipinski definition) is 5. The summed E-state index contributed by atoms with van der Waals surface area (Å²) in [6.07, 6.45) is 3.21. The maximum Gasteiger partial charge on any atom is 0.220 e. The number of nitrogens with two attached hydrogens (primary N) is 2. The van der Waals surface area contributed by atoms with Gasteiger partial charge in [0, 0.05) is 16.6 Å². The van der Waals surface area contributed by atoms with E-state index in [0.29, 0.717) is 11.3 Å². The Kier molecular flexibility index (Phi) is 3.62. The van der Waals surface area contributed by atoms with Crippen molar-refractivity contribution in [3.63, 3.8) is 0 Å². The second-order valence-electron chi connectivity index (χ2n) is 5.34. The fourth-order valence-corrected chi connectivity index (χ4v) is 3.06. The SMILES string of the molecule is CCc1c(CC)n(N)c2ccc(-c3nc(N)ncc3C#N)cc12. The molecule has 0 radical (unpaired) electrons. The zero-order valence-electron chi connectivity index (χ0n) is 13.2. The Labute approximate surface area is 134 Å². The van der Waals surface area contributed by atoms with E-state index >= 15 is 0 Å². The van der Waals surface area contributed by atoms with Crippen molar-refractivity contribution in [2.75, 3.05) is 11.6 Å². The van der Waals surface area contributed by atoms with Crippen molar-refractivity contribution in [1.82, 2.24) is 14.6 Å². The monoisotopic (exact) mass is 306 g/mol. The summed E-state index contributed by atoms with van der Waals surface area (Å²) in [6, 6.07) is 8.01. The lowest BCUT2D eigenvalue weighted by molar-refractivity contribution is 0.896. The highest BCUT2D eigenvalue weighted by atomic mass is 15.3. The number of nitrogen functional groups attached to an aromatic ring is 2. The van der Waals surface area contributed by atoms with Crippen molar-refractivity contribution in [3.05, 3.63) is 41.2 Å². The quantitative estimate of drug-likeness (QED) is 0.722. The Bertz CT molecular complexity index is 932. The molecule has 116 valence electrons. The van der Waals surface area contributed by atoms with Crippen LogP contribution in [0.4, 0.5) is 5.95 Å². The second kappa shape index (κ2) is 5.61. The van der Waals surface area contributed by atoms with Gasteiger partial charge in [-0.2, -0.15) is 5.26 Å². The van der Waals surface area contributed by atoms with Crippen LogP contribution in [0.2, 0.25) is 0 Å². The van der Waals surface area contributed by atoms with Crippen LogP contribution in [0, 0.1) is 11.3 Å². The molecule has 3 aromatic rings. The Balaban J connectivity index is 2.30. The Morgan fingerprint density at radius 2 is 2.04 bits per heavy atom. The molecule has 0 fully saturated rings. The molecule has 0 unspecified atom stereocenters. The van der Waals surface area contributed by atoms with Gasteiger partial charge in [0.05, 0.1) is 23.0 Å². The van der Waals surface area contributed by atoms with Gasteiger partial charge in [-0.1, -0.05) is 19.9 Å². The summed E-state index contributed by atoms with van der Waals surface area (Å²) in [5.41, 5.74) is 10.8. The topological polar surface area (TPSA) is 107 Å². The molecule has 0 amide bonds. The third kappa shape index (κ3) is 2.27. The molecule has 1 aromatic carbocycles. The summed E-state index contributed by atoms with van der Waals surface area (Å²) in [4.78, 5) is 8.12. The van der Waals surface area contributed by atoms with Gasteiger partial charge in [0.2, 0.25) is 5.95 Å². The number of rotatable bonds is 3. The average Bonchev–Trinajstić information content (AvgIpc) is 2.85. The van der Waals surface area contributed by atoms with Gasteiger partial charge in [-0.3, -0.25) is 4.68 Å². The van der Waals surface area contributed by atoms with Crippen LogP contribution in [-0.4, -0.2) is 14.6 Å². The van der Waals surface area contributed by atoms with E-state index in [2.05, 4.69) is 29.9 Å². The first-order chi connectivity index (χ1) is 11.1. The summed E-state index contributed by atoms with van der Waals surface area (Å²) in [6.45, 7) is 4.21. The summed E-state index contributed by atoms with van der Waals surface area (Å²) in [5.74, 6) is 6.37. The predicted octanol–water partition coefficient (Wildman–Crippen LogP) is 2.39. The molecule has 3 rings (SSSR count). The second-order valence-corrected chi connectivity index (χ2v) is 5.34. The van der Waals surface area contributed by atoms with Gasteiger partial charge in [0.25, 0.3) is 0 Å². The number of aromatic nitrogens is 3. The third-order valence-electron chi connectivity index (χ3n) is 4.11. The first-order valence-corrected chi connectivity index (χ1v) is 7.54. The lowest BCUT2D eigenvalue weighted by Gasteiger charge is -2.05. The minimum Gasteiger partial charge on any atom is -0.368 e. The number of anilines is 1. The molecule has 0 aliphatic rings. The van der Waals surface area contributed by atoms with Crippen LogP contribution in [0.15, 0.2) is 24.4 Å². The van der Waals surface area contributed by atoms with Crippen molar-refractivity contribution >= 4 is 16.9 Å². The molecule has 0 spiro atoms. The molecule has 6 nitrogen and oxygen atoms in total. The van der Waals surface area contributed by atoms with Crippen LogP contribution in [0.1, 0.15) is 30.7 Å². The van der Waals surface area contributed by atoms with E-state index in [0.717, 1.165) is 35.0 Å². The normalized spacial score (nSPS) is 10.8. The molecule has 0 saturated heterocycles. The number of hydrogen-bond donors (Lipinski definition) is 2. The number of benzene rings is 1. The molecule has 4 N–H and O–H groups in total. The van der Waals surface area contributed by atoms with Crippen LogP contribution in [-0.2, 0) is 12.8 Å². The van der Waals surface area contributed by atoms with Gasteiger partial charge in [0.1, 0.15) is 6.07 Å². The predicted molar refractivity (Wildman–Crippen MR) is 91.0 cm³/mol. The zero-order chi connectivity index (χ0) is 16.6. The summed E-state index contributed by atoms with van der Waals surface area (Å²) >= 11 is 0. The van der Waals surface area contributed by atoms with Crippen molar-refractivity contribution in [2.45, 2.75) is 26.7 Å². The first-order valence-electron chi connectivity index (χ1n) is 7.54. The van der Waals surface area contributed by atoms with Gasteiger partial charge in [0.15, 0.2) is 0 Å². The molecule has 0 saturated carbocycles. The van der Waals surface area contributed by atoms with Crippen LogP contribution < -0.4 is 11.6 Å². The largest absolute Gasteiger partial charge is 0.368 e. The van der Waals surface area contributed by atoms with E-state index in [9.17, 15) is 5.26 Å². The van der Waals surface area contributed by atoms with Crippen molar-refractivity contribution < 1.29 is 0 Å². The minimum absolute atomic E-state index is 0.153. The van der Waals surface area contributed by atoms with Crippen LogP contribution >= 0.6 is 0 Å². The average molecular weight is 306 g/mol. The number of nitrogens with zero attached hydrogens (tertiary/aromatic N) is 4. The van der Waals surface area contributed by atoms with Crippen molar-refractivity contribution in [3.8, 4) is 17.3 Å². The standard InChI is InChI=1S/C17H18N6/c1-3-12-13-7-10(5-6-15(13)23(20)14(12)4-2)16-11(8-18)9-21-17(19)22-16/h5-7,9H,3-4,20H2,1-2H3,(H2,19,21,22). The van der Waals surface area contributed by atoms with E-state index in [1.54, 1.807) is 4.68 Å². The van der Waals surface area contributed by atoms with Crippen molar-refractivity contribution in [1.29, 1.82) is 5.26 Å². The Morgan fingerprint density at radius 3 is 2.70 bits per heavy atom. The van der Waals surface area contributed by atoms with Gasteiger partial charge in [-0.25, -0.2) is 9.97 Å². The molecule has 6 heteroatoms. The molecule has 0 bridgehead atoms. The van der Waals surface area contributed by atoms with E-state index in [-0.39, 0.29) is 5.95 Å². The maximum absolute atomic E-state index is 9.28. The van der Waals surface area contributed by atoms with Gasteiger partial charge in [-0.15, -0.1) is 0 Å². The molecule has 0 aliphatic heterocycles. The van der Waals surface area contributed by atoms with E-state index in [1.165, 1.54) is 11.8 Å². The van der Waals surface area contributed by atoms with Crippen LogP contribution in [0.5, 0.6) is 0 Å². The number of aryl methyl sites for hydroxylation is 1. The highest BCUT2D eigenvalue weighted by molar-refractivity contribution is 5.90. The maximum atomic E-state index is 9.28. The minimum atomic E-state index is 0.153. The van der Waals surface area contributed by atoms with E-state index in [4.69, 9.17) is 11.6 Å². The van der Waals surface area contributed by atoms with Crippen LogP contribution in [0.3, 0.4) is 0 Å². The smallest absolute Gasteiger partial charge is 0.220 e. The van der Waals surface area contributed by atoms with Gasteiger partial charge >= 0.3 is 0 Å². The third-order valence-corrected chi connectivity index (χ3v) is 4.11. The fourth-order valence-electron chi connectivity index (χ4n) is 3.06. The summed E-state index contributed by atoms with van der Waals surface area (Å²) in [7, 11) is 0. The molecular weight excluding hydrogens is 288 g/mol. The Morgan fingerprint density at radius 1 is 1.26 bits per heavy atom. The fraction of sp³-hybridized carbons (Fsp3) is 0.235. The van der Waals surface area contributed by atoms with E-state index < -0.39 is 0 Å². The Hall–Kier alpha value is -3.07. The molecule has 0 aliphatic carbocycles. The molecule has 2 aromatic heterocycles. The number of fused-ring (bicyclic) bond motifs is 1. The van der Waals surface area contributed by atoms with Gasteiger partial charge < -0.3 is 11.6 Å². The summed E-state index contributed by atoms with van der Waals surface area (Å²) < 4.78 is 1.75. The molecule has 2 heterocycles. The zero-order valence-corrected chi connectivity index (χ0v) is 13.2. The van der Waals surface area contributed by atoms with Crippen LogP contribution in [0.25, 0.3) is 22.2 Å². The first kappa shape index (κ1) is 14.9. The number of nitriles is 1. The summed E-state index contributed by atoms with van der Waals surface area (Å²) in [5, 5.41) is 10.4. The highest BCUT2D eigenvalue weighted by Crippen LogP contribution is 2.30. The molecule has 0 atom stereocenters. The molecular formula is C17H18N6.